The van der Waals surface area contributed by atoms with Crippen molar-refractivity contribution in [3.05, 3.63) is 6.33 Å². The number of carboxylic acids is 1. The smallest absolute Gasteiger partial charge is 0.330 e. The minimum atomic E-state index is -1.50. The van der Waals surface area contributed by atoms with E-state index in [0.717, 1.165) is 0 Å². The maximum Gasteiger partial charge on any atom is 0.330 e. The molecule has 1 aliphatic rings. The van der Waals surface area contributed by atoms with Gasteiger partial charge < -0.3 is 29.7 Å². The average molecular weight is 497 g/mol. The molecule has 7 atom stereocenters. The van der Waals surface area contributed by atoms with Gasteiger partial charge in [-0.2, -0.15) is 0 Å². The van der Waals surface area contributed by atoms with Gasteiger partial charge in [-0.15, -0.1) is 0 Å². The summed E-state index contributed by atoms with van der Waals surface area (Å²) in [5.41, 5.74) is 0.944. The third-order valence-electron chi connectivity index (χ3n) is 5.92. The van der Waals surface area contributed by atoms with Gasteiger partial charge >= 0.3 is 18.0 Å². The van der Waals surface area contributed by atoms with E-state index < -0.39 is 48.6 Å². The fraction of sp³-hybridized carbons (Fsp3) is 0.667. The second kappa shape index (κ2) is 11.5. The maximum atomic E-state index is 12.3. The monoisotopic (exact) mass is 496 g/mol. The van der Waals surface area contributed by atoms with Crippen molar-refractivity contribution < 1.29 is 38.8 Å². The summed E-state index contributed by atoms with van der Waals surface area (Å²) in [5.74, 6) is -1.66. The Balaban J connectivity index is 1.45. The number of aliphatic hydroxyl groups excluding tert-OH is 1. The van der Waals surface area contributed by atoms with Gasteiger partial charge in [-0.1, -0.05) is 6.92 Å². The number of aliphatic hydroxyl groups is 1. The normalized spacial score (nSPS) is 24.9. The first-order valence-electron chi connectivity index (χ1n) is 11.4. The van der Waals surface area contributed by atoms with E-state index in [-0.39, 0.29) is 30.7 Å². The first kappa shape index (κ1) is 26.4. The zero-order valence-corrected chi connectivity index (χ0v) is 20.0. The number of anilines is 1. The number of nitrogens with one attached hydrogen (secondary N) is 4. The minimum absolute atomic E-state index is 0.0510. The molecular weight excluding hydrogens is 464 g/mol. The van der Waals surface area contributed by atoms with E-state index >= 15 is 0 Å². The van der Waals surface area contributed by atoms with Crippen LogP contribution < -0.4 is 10.6 Å². The Morgan fingerprint density at radius 3 is 2.66 bits per heavy atom. The van der Waals surface area contributed by atoms with Crippen molar-refractivity contribution in [2.45, 2.75) is 83.7 Å². The summed E-state index contributed by atoms with van der Waals surface area (Å²) in [6, 6.07) is -2.34. The van der Waals surface area contributed by atoms with Crippen molar-refractivity contribution in [3.8, 4) is 0 Å². The van der Waals surface area contributed by atoms with Crippen LogP contribution in [0.5, 0.6) is 0 Å². The molecule has 35 heavy (non-hydrogen) atoms. The molecule has 0 radical (unpaired) electrons. The molecule has 14 heteroatoms. The molecule has 3 heterocycles. The zero-order chi connectivity index (χ0) is 25.7. The number of aromatic amines is 2. The maximum absolute atomic E-state index is 12.3. The molecule has 2 amide bonds. The van der Waals surface area contributed by atoms with Crippen LogP contribution in [0.25, 0.3) is 11.2 Å². The Morgan fingerprint density at radius 1 is 1.26 bits per heavy atom. The lowest BCUT2D eigenvalue weighted by Gasteiger charge is -2.37. The van der Waals surface area contributed by atoms with Crippen molar-refractivity contribution in [1.29, 1.82) is 0 Å². The molecule has 0 spiro atoms. The van der Waals surface area contributed by atoms with Gasteiger partial charge in [0.05, 0.1) is 12.2 Å². The Labute approximate surface area is 201 Å². The summed E-state index contributed by atoms with van der Waals surface area (Å²) in [6.45, 7) is 7.02. The van der Waals surface area contributed by atoms with Crippen LogP contribution in [0.15, 0.2) is 6.33 Å². The molecular formula is C21H32N6O8. The van der Waals surface area contributed by atoms with Crippen molar-refractivity contribution in [1.82, 2.24) is 25.5 Å². The van der Waals surface area contributed by atoms with Crippen molar-refractivity contribution in [2.75, 3.05) is 5.32 Å². The van der Waals surface area contributed by atoms with Gasteiger partial charge in [0, 0.05) is 6.42 Å². The molecule has 1 fully saturated rings. The fourth-order valence-electron chi connectivity index (χ4n) is 3.61. The van der Waals surface area contributed by atoms with Gasteiger partial charge in [0.15, 0.2) is 23.8 Å². The highest BCUT2D eigenvalue weighted by molar-refractivity contribution is 5.97. The molecule has 1 unspecified atom stereocenters. The number of fused-ring (bicyclic) bond motifs is 1. The molecule has 0 bridgehead atoms. The molecule has 1 saturated heterocycles. The van der Waals surface area contributed by atoms with E-state index in [2.05, 4.69) is 30.8 Å². The number of carbonyl (C=O) groups excluding carboxylic acids is 2. The van der Waals surface area contributed by atoms with Crippen LogP contribution in [0.4, 0.5) is 10.6 Å². The topological polar surface area (TPSA) is 201 Å². The lowest BCUT2D eigenvalue weighted by atomic mass is 9.95. The number of amides is 2. The molecule has 0 aromatic carbocycles. The summed E-state index contributed by atoms with van der Waals surface area (Å²) in [4.78, 5) is 44.1. The number of aromatic nitrogens is 4. The highest BCUT2D eigenvalue weighted by atomic mass is 16.7. The molecule has 194 valence electrons. The zero-order valence-electron chi connectivity index (χ0n) is 20.0. The summed E-state index contributed by atoms with van der Waals surface area (Å²) in [7, 11) is 0. The Kier molecular flexibility index (Phi) is 8.64. The van der Waals surface area contributed by atoms with Gasteiger partial charge in [0.2, 0.25) is 0 Å². The number of H-pyrrole nitrogens is 2. The number of hydrogen-bond acceptors (Lipinski definition) is 9. The number of esters is 1. The van der Waals surface area contributed by atoms with E-state index in [0.29, 0.717) is 17.6 Å². The number of carbonyl (C=O) groups is 3. The van der Waals surface area contributed by atoms with Gasteiger partial charge in [-0.3, -0.25) is 20.3 Å². The largest absolute Gasteiger partial charge is 0.480 e. The first-order chi connectivity index (χ1) is 16.5. The summed E-state index contributed by atoms with van der Waals surface area (Å²) >= 11 is 0. The third kappa shape index (κ3) is 6.90. The predicted octanol–water partition coefficient (Wildman–Crippen LogP) is 1.11. The summed E-state index contributed by atoms with van der Waals surface area (Å²) < 4.78 is 16.7. The van der Waals surface area contributed by atoms with Crippen molar-refractivity contribution in [3.63, 3.8) is 0 Å². The number of carboxylic acid groups (broad SMARTS) is 1. The number of nitrogens with zero attached hydrogens (tertiary/aromatic N) is 2. The standard InChI is InChI=1S/C21H32N6O8/c1-9-7-13(28)20(35-11(9)3)33-10(2)5-6-14(29)34-12(4)15(19(30)31)24-21(32)25-17-16-18(27-26-16)23-8-22-17/h8-13,15,20,26,28H,5-7H2,1-4H3,(H,30,31)(H3,22,23,24,25,27,32)/t9-,10+,11?,12+,13+,15-,20-/m0/s1. The van der Waals surface area contributed by atoms with Crippen molar-refractivity contribution in [2.24, 2.45) is 5.92 Å². The second-order valence-electron chi connectivity index (χ2n) is 8.78. The van der Waals surface area contributed by atoms with E-state index in [1.807, 2.05) is 13.8 Å². The highest BCUT2D eigenvalue weighted by Gasteiger charge is 2.34. The van der Waals surface area contributed by atoms with Gasteiger partial charge in [-0.05, 0) is 39.5 Å². The lowest BCUT2D eigenvalue weighted by Crippen LogP contribution is -2.50. The van der Waals surface area contributed by atoms with Gasteiger partial charge in [0.1, 0.15) is 24.1 Å². The van der Waals surface area contributed by atoms with Crippen LogP contribution >= 0.6 is 0 Å². The van der Waals surface area contributed by atoms with Crippen LogP contribution in [0.1, 0.15) is 47.0 Å². The van der Waals surface area contributed by atoms with Crippen LogP contribution in [-0.2, 0) is 23.8 Å². The van der Waals surface area contributed by atoms with E-state index in [1.54, 1.807) is 6.92 Å². The highest BCUT2D eigenvalue weighted by Crippen LogP contribution is 2.26. The average Bonchev–Trinajstić information content (AvgIpc) is 2.75. The number of aliphatic carboxylic acids is 1. The molecule has 14 nitrogen and oxygen atoms in total. The van der Waals surface area contributed by atoms with Gasteiger partial charge in [0.25, 0.3) is 0 Å². The molecule has 0 saturated carbocycles. The number of ether oxygens (including phenoxy) is 3. The van der Waals surface area contributed by atoms with Crippen LogP contribution in [0.2, 0.25) is 0 Å². The molecule has 6 N–H and O–H groups in total. The number of urea groups is 1. The SMILES string of the molecule is CC1O[C@H](O[C@H](C)CCC(=O)O[C@H](C)[C@H](NC(=O)Nc2ncnc3[nH][nH]c23)C(=O)O)[C@H](O)C[C@@H]1C. The number of hydrogen-bond donors (Lipinski definition) is 6. The quantitative estimate of drug-likeness (QED) is 0.259. The van der Waals surface area contributed by atoms with E-state index in [4.69, 9.17) is 14.2 Å². The Hall–Kier alpha value is -3.23. The van der Waals surface area contributed by atoms with Crippen LogP contribution in [0, 0.1) is 5.92 Å². The second-order valence-corrected chi connectivity index (χ2v) is 8.78. The fourth-order valence-corrected chi connectivity index (χ4v) is 3.61. The summed E-state index contributed by atoms with van der Waals surface area (Å²) in [6.07, 6.45) is -1.14. The Bertz CT molecular complexity index is 1020. The molecule has 2 aromatic rings. The van der Waals surface area contributed by atoms with E-state index in [1.165, 1.54) is 13.3 Å². The van der Waals surface area contributed by atoms with Crippen LogP contribution in [-0.4, -0.2) is 85.1 Å². The molecule has 0 aliphatic carbocycles. The molecule has 1 aliphatic heterocycles. The molecule has 3 rings (SSSR count). The lowest BCUT2D eigenvalue weighted by molar-refractivity contribution is -0.263. The van der Waals surface area contributed by atoms with E-state index in [9.17, 15) is 24.6 Å². The summed E-state index contributed by atoms with van der Waals surface area (Å²) in [5, 5.41) is 29.8. The van der Waals surface area contributed by atoms with Crippen LogP contribution in [0.3, 0.4) is 0 Å². The number of rotatable bonds is 10. The van der Waals surface area contributed by atoms with Gasteiger partial charge in [-0.25, -0.2) is 19.6 Å². The molecule has 2 aromatic heterocycles. The Morgan fingerprint density at radius 2 is 2.00 bits per heavy atom. The minimum Gasteiger partial charge on any atom is -0.480 e. The third-order valence-corrected chi connectivity index (χ3v) is 5.92. The first-order valence-corrected chi connectivity index (χ1v) is 11.4. The predicted molar refractivity (Wildman–Crippen MR) is 121 cm³/mol. The van der Waals surface area contributed by atoms with Crippen molar-refractivity contribution >= 4 is 35.0 Å².